The first-order chi connectivity index (χ1) is 12.7. The van der Waals surface area contributed by atoms with Crippen LogP contribution in [-0.4, -0.2) is 25.5 Å². The lowest BCUT2D eigenvalue weighted by Gasteiger charge is -2.17. The van der Waals surface area contributed by atoms with E-state index < -0.39 is 5.91 Å². The summed E-state index contributed by atoms with van der Waals surface area (Å²) in [6.07, 6.45) is 0. The molecule has 0 heterocycles. The van der Waals surface area contributed by atoms with Crippen LogP contribution >= 0.6 is 34.8 Å². The predicted octanol–water partition coefficient (Wildman–Crippen LogP) is 4.01. The maximum atomic E-state index is 12.6. The Labute approximate surface area is 171 Å². The van der Waals surface area contributed by atoms with Crippen molar-refractivity contribution < 1.29 is 19.1 Å². The number of carbonyl (C=O) groups excluding carboxylic acids is 2. The topological polar surface area (TPSA) is 90.7 Å². The zero-order valence-corrected chi connectivity index (χ0v) is 16.8. The molecule has 2 amide bonds. The van der Waals surface area contributed by atoms with E-state index in [1.165, 1.54) is 19.2 Å². The first-order valence-corrected chi connectivity index (χ1v) is 8.90. The highest BCUT2D eigenvalue weighted by Crippen LogP contribution is 2.36. The highest BCUT2D eigenvalue weighted by Gasteiger charge is 2.18. The fraction of sp³-hybridized carbons (Fsp3) is 0.222. The van der Waals surface area contributed by atoms with Gasteiger partial charge in [0.1, 0.15) is 0 Å². The Kier molecular flexibility index (Phi) is 7.18. The molecular weight excluding hydrogens is 415 g/mol. The van der Waals surface area contributed by atoms with Crippen LogP contribution in [0.25, 0.3) is 0 Å². The van der Waals surface area contributed by atoms with Gasteiger partial charge in [-0.05, 0) is 36.8 Å². The standard InChI is InChI=1S/C18H17Cl3N2O4/c1-9(10-3-4-12(19)13(20)5-10)23-18(25)11-6-14(21)17(15(7-11)26-2)27-8-16(22)24/h3-7,9H,8H2,1-2H3,(H2,22,24)(H,23,25). The monoisotopic (exact) mass is 430 g/mol. The summed E-state index contributed by atoms with van der Waals surface area (Å²) in [7, 11) is 1.39. The molecule has 144 valence electrons. The van der Waals surface area contributed by atoms with E-state index in [2.05, 4.69) is 5.32 Å². The van der Waals surface area contributed by atoms with Crippen LogP contribution in [0, 0.1) is 0 Å². The Morgan fingerprint density at radius 1 is 1.11 bits per heavy atom. The van der Waals surface area contributed by atoms with Crippen LogP contribution in [0.4, 0.5) is 0 Å². The molecule has 0 bridgehead atoms. The third-order valence-corrected chi connectivity index (χ3v) is 4.66. The molecule has 27 heavy (non-hydrogen) atoms. The molecule has 2 aromatic carbocycles. The molecule has 9 heteroatoms. The van der Waals surface area contributed by atoms with Gasteiger partial charge in [0.15, 0.2) is 18.1 Å². The van der Waals surface area contributed by atoms with Gasteiger partial charge in [-0.15, -0.1) is 0 Å². The second kappa shape index (κ2) is 9.17. The van der Waals surface area contributed by atoms with E-state index >= 15 is 0 Å². The number of carbonyl (C=O) groups is 2. The molecule has 6 nitrogen and oxygen atoms in total. The Balaban J connectivity index is 2.21. The summed E-state index contributed by atoms with van der Waals surface area (Å²) in [5.41, 5.74) is 6.11. The van der Waals surface area contributed by atoms with Gasteiger partial charge >= 0.3 is 0 Å². The lowest BCUT2D eigenvalue weighted by molar-refractivity contribution is -0.119. The van der Waals surface area contributed by atoms with Gasteiger partial charge in [0.05, 0.1) is 28.2 Å². The summed E-state index contributed by atoms with van der Waals surface area (Å²) in [5, 5.41) is 3.78. The van der Waals surface area contributed by atoms with Crippen molar-refractivity contribution in [1.82, 2.24) is 5.32 Å². The van der Waals surface area contributed by atoms with Crippen molar-refractivity contribution in [2.75, 3.05) is 13.7 Å². The smallest absolute Gasteiger partial charge is 0.255 e. The SMILES string of the molecule is COc1cc(C(=O)NC(C)c2ccc(Cl)c(Cl)c2)cc(Cl)c1OCC(N)=O. The third kappa shape index (κ3) is 5.42. The van der Waals surface area contributed by atoms with Gasteiger partial charge in [-0.3, -0.25) is 9.59 Å². The summed E-state index contributed by atoms with van der Waals surface area (Å²) in [5.74, 6) is -0.705. The zero-order valence-electron chi connectivity index (χ0n) is 14.5. The Hall–Kier alpha value is -2.15. The minimum Gasteiger partial charge on any atom is -0.493 e. The minimum atomic E-state index is -0.662. The number of benzene rings is 2. The second-order valence-electron chi connectivity index (χ2n) is 5.61. The van der Waals surface area contributed by atoms with Crippen molar-refractivity contribution >= 4 is 46.6 Å². The van der Waals surface area contributed by atoms with E-state index in [0.29, 0.717) is 10.0 Å². The lowest BCUT2D eigenvalue weighted by Crippen LogP contribution is -2.26. The minimum absolute atomic E-state index is 0.114. The maximum Gasteiger partial charge on any atom is 0.255 e. The van der Waals surface area contributed by atoms with Crippen LogP contribution in [-0.2, 0) is 4.79 Å². The van der Waals surface area contributed by atoms with Gasteiger partial charge in [0, 0.05) is 5.56 Å². The zero-order chi connectivity index (χ0) is 20.1. The maximum absolute atomic E-state index is 12.6. The van der Waals surface area contributed by atoms with Gasteiger partial charge in [-0.25, -0.2) is 0 Å². The van der Waals surface area contributed by atoms with Crippen molar-refractivity contribution in [3.05, 3.63) is 56.5 Å². The van der Waals surface area contributed by atoms with E-state index in [4.69, 9.17) is 50.0 Å². The molecular formula is C18H17Cl3N2O4. The van der Waals surface area contributed by atoms with E-state index in [0.717, 1.165) is 5.56 Å². The quantitative estimate of drug-likeness (QED) is 0.693. The number of nitrogens with one attached hydrogen (secondary N) is 1. The van der Waals surface area contributed by atoms with Gasteiger partial charge < -0.3 is 20.5 Å². The van der Waals surface area contributed by atoms with Crippen LogP contribution in [0.3, 0.4) is 0 Å². The molecule has 0 aliphatic carbocycles. The van der Waals surface area contributed by atoms with Gasteiger partial charge in [0.2, 0.25) is 0 Å². The van der Waals surface area contributed by atoms with Crippen LogP contribution < -0.4 is 20.5 Å². The number of methoxy groups -OCH3 is 1. The average molecular weight is 432 g/mol. The summed E-state index contributed by atoms with van der Waals surface area (Å²) in [6.45, 7) is 1.44. The first-order valence-electron chi connectivity index (χ1n) is 7.77. The molecule has 1 atom stereocenters. The highest BCUT2D eigenvalue weighted by molar-refractivity contribution is 6.42. The Morgan fingerprint density at radius 3 is 2.41 bits per heavy atom. The van der Waals surface area contributed by atoms with E-state index in [9.17, 15) is 9.59 Å². The summed E-state index contributed by atoms with van der Waals surface area (Å²) in [6, 6.07) is 7.66. The van der Waals surface area contributed by atoms with Crippen molar-refractivity contribution in [2.24, 2.45) is 5.73 Å². The van der Waals surface area contributed by atoms with Crippen LogP contribution in [0.5, 0.6) is 11.5 Å². The average Bonchev–Trinajstić information content (AvgIpc) is 2.61. The summed E-state index contributed by atoms with van der Waals surface area (Å²) < 4.78 is 10.4. The first kappa shape index (κ1) is 21.2. The fourth-order valence-corrected chi connectivity index (χ4v) is 2.85. The third-order valence-electron chi connectivity index (χ3n) is 3.64. The van der Waals surface area contributed by atoms with Crippen molar-refractivity contribution in [3.8, 4) is 11.5 Å². The highest BCUT2D eigenvalue weighted by atomic mass is 35.5. The molecule has 3 N–H and O–H groups in total. The molecule has 1 unspecified atom stereocenters. The van der Waals surface area contributed by atoms with Gasteiger partial charge in [-0.1, -0.05) is 40.9 Å². The molecule has 0 radical (unpaired) electrons. The van der Waals surface area contributed by atoms with Crippen LogP contribution in [0.2, 0.25) is 15.1 Å². The molecule has 0 spiro atoms. The Bertz CT molecular complexity index is 874. The molecule has 2 rings (SSSR count). The second-order valence-corrected chi connectivity index (χ2v) is 6.83. The number of ether oxygens (including phenoxy) is 2. The van der Waals surface area contributed by atoms with Crippen molar-refractivity contribution in [3.63, 3.8) is 0 Å². The number of amides is 2. The number of hydrogen-bond acceptors (Lipinski definition) is 4. The van der Waals surface area contributed by atoms with E-state index in [1.807, 2.05) is 0 Å². The van der Waals surface area contributed by atoms with Crippen LogP contribution in [0.1, 0.15) is 28.9 Å². The molecule has 0 aliphatic heterocycles. The molecule has 0 saturated heterocycles. The van der Waals surface area contributed by atoms with Gasteiger partial charge in [0.25, 0.3) is 11.8 Å². The van der Waals surface area contributed by atoms with Crippen molar-refractivity contribution in [2.45, 2.75) is 13.0 Å². The molecule has 0 saturated carbocycles. The molecule has 0 aliphatic rings. The van der Waals surface area contributed by atoms with Crippen LogP contribution in [0.15, 0.2) is 30.3 Å². The van der Waals surface area contributed by atoms with Crippen molar-refractivity contribution in [1.29, 1.82) is 0 Å². The summed E-state index contributed by atoms with van der Waals surface area (Å²) in [4.78, 5) is 23.5. The largest absolute Gasteiger partial charge is 0.493 e. The number of primary amides is 1. The summed E-state index contributed by atoms with van der Waals surface area (Å²) >= 11 is 18.1. The fourth-order valence-electron chi connectivity index (χ4n) is 2.28. The number of hydrogen-bond donors (Lipinski definition) is 2. The van der Waals surface area contributed by atoms with Gasteiger partial charge in [-0.2, -0.15) is 0 Å². The predicted molar refractivity (Wildman–Crippen MR) is 105 cm³/mol. The molecule has 2 aromatic rings. The number of rotatable bonds is 7. The normalized spacial score (nSPS) is 11.6. The number of halogens is 3. The Morgan fingerprint density at radius 2 is 1.81 bits per heavy atom. The number of nitrogens with two attached hydrogens (primary N) is 1. The lowest BCUT2D eigenvalue weighted by atomic mass is 10.1. The van der Waals surface area contributed by atoms with E-state index in [1.54, 1.807) is 25.1 Å². The molecule has 0 aromatic heterocycles. The molecule has 0 fully saturated rings. The van der Waals surface area contributed by atoms with E-state index in [-0.39, 0.29) is 40.6 Å².